The Kier molecular flexibility index (Phi) is 6.86. The van der Waals surface area contributed by atoms with Crippen molar-refractivity contribution >= 4 is 11.9 Å². The van der Waals surface area contributed by atoms with E-state index in [0.717, 1.165) is 5.92 Å². The molecule has 0 heterocycles. The van der Waals surface area contributed by atoms with Gasteiger partial charge in [-0.15, -0.1) is 0 Å². The lowest BCUT2D eigenvalue weighted by atomic mass is 10.00. The number of alkyl halides is 3. The van der Waals surface area contributed by atoms with Crippen LogP contribution in [0, 0.1) is 31.6 Å². The van der Waals surface area contributed by atoms with Crippen molar-refractivity contribution in [2.45, 2.75) is 51.9 Å². The van der Waals surface area contributed by atoms with Crippen molar-refractivity contribution in [3.05, 3.63) is 43.3 Å². The molecule has 1 atom stereocenters. The molecular formula is C17H21F3NO3. The molecular weight excluding hydrogens is 323 g/mol. The van der Waals surface area contributed by atoms with Gasteiger partial charge in [0.1, 0.15) is 11.6 Å². The highest BCUT2D eigenvalue weighted by atomic mass is 19.4. The van der Waals surface area contributed by atoms with Crippen LogP contribution in [0.2, 0.25) is 0 Å². The maximum absolute atomic E-state index is 12.5. The fourth-order valence-electron chi connectivity index (χ4n) is 1.96. The molecule has 0 spiro atoms. The summed E-state index contributed by atoms with van der Waals surface area (Å²) < 4.78 is 42.5. The number of halogens is 3. The second-order valence-corrected chi connectivity index (χ2v) is 6.47. The highest BCUT2D eigenvalue weighted by Gasteiger charge is 2.41. The number of nitrogens with one attached hydrogen (secondary N) is 1. The maximum Gasteiger partial charge on any atom is 0.471 e. The molecule has 0 saturated heterocycles. The molecule has 133 valence electrons. The number of hydrogen-bond donors (Lipinski definition) is 1. The molecule has 1 N–H and O–H groups in total. The van der Waals surface area contributed by atoms with Crippen LogP contribution in [0.15, 0.2) is 11.6 Å². The largest absolute Gasteiger partial charge is 0.471 e. The van der Waals surface area contributed by atoms with E-state index in [1.54, 1.807) is 39.1 Å². The molecule has 0 aliphatic heterocycles. The van der Waals surface area contributed by atoms with E-state index in [9.17, 15) is 22.8 Å². The van der Waals surface area contributed by atoms with Gasteiger partial charge in [0.15, 0.2) is 0 Å². The predicted octanol–water partition coefficient (Wildman–Crippen LogP) is 3.12. The minimum atomic E-state index is -5.07. The van der Waals surface area contributed by atoms with Crippen molar-refractivity contribution in [3.8, 4) is 0 Å². The van der Waals surface area contributed by atoms with Crippen molar-refractivity contribution < 1.29 is 27.5 Å². The van der Waals surface area contributed by atoms with Crippen molar-refractivity contribution in [2.75, 3.05) is 0 Å². The number of allylic oxidation sites excluding steroid dienone is 1. The monoisotopic (exact) mass is 344 g/mol. The molecule has 1 aliphatic rings. The molecule has 1 fully saturated rings. The normalized spacial score (nSPS) is 18.4. The van der Waals surface area contributed by atoms with Crippen LogP contribution in [-0.4, -0.2) is 29.7 Å². The van der Waals surface area contributed by atoms with Gasteiger partial charge < -0.3 is 10.1 Å². The number of carbonyl (C=O) groups is 2. The lowest BCUT2D eigenvalue weighted by molar-refractivity contribution is -0.177. The van der Waals surface area contributed by atoms with Gasteiger partial charge in [-0.05, 0) is 59.8 Å². The lowest BCUT2D eigenvalue weighted by Gasteiger charge is -2.25. The van der Waals surface area contributed by atoms with Gasteiger partial charge in [0.05, 0.1) is 0 Å². The molecule has 1 unspecified atom stereocenters. The van der Waals surface area contributed by atoms with Crippen molar-refractivity contribution in [1.29, 1.82) is 0 Å². The summed E-state index contributed by atoms with van der Waals surface area (Å²) in [6.45, 7) is 6.46. The van der Waals surface area contributed by atoms with Crippen LogP contribution in [0.4, 0.5) is 13.2 Å². The predicted molar refractivity (Wildman–Crippen MR) is 82.6 cm³/mol. The Hall–Kier alpha value is -1.53. The molecule has 24 heavy (non-hydrogen) atoms. The third-order valence-electron chi connectivity index (χ3n) is 2.88. The van der Waals surface area contributed by atoms with E-state index in [0.29, 0.717) is 5.57 Å². The summed E-state index contributed by atoms with van der Waals surface area (Å²) in [5, 5.41) is 1.71. The molecule has 1 amide bonds. The van der Waals surface area contributed by atoms with Gasteiger partial charge in [-0.25, -0.2) is 4.79 Å². The van der Waals surface area contributed by atoms with Crippen LogP contribution in [0.25, 0.3) is 0 Å². The van der Waals surface area contributed by atoms with Crippen molar-refractivity contribution in [1.82, 2.24) is 5.32 Å². The third kappa shape index (κ3) is 7.36. The van der Waals surface area contributed by atoms with Crippen LogP contribution in [0.3, 0.4) is 0 Å². The Morgan fingerprint density at radius 2 is 1.75 bits per heavy atom. The quantitative estimate of drug-likeness (QED) is 0.780. The Morgan fingerprint density at radius 1 is 1.21 bits per heavy atom. The first-order valence-corrected chi connectivity index (χ1v) is 7.38. The SMILES string of the molecule is C/C(=C\[C]1[CH][CH][CH][CH]1)CC(NC(=O)C(F)(F)F)C(=O)OC(C)(C)C. The fraction of sp³-hybridized carbons (Fsp3) is 0.471. The van der Waals surface area contributed by atoms with E-state index in [4.69, 9.17) is 4.74 Å². The minimum absolute atomic E-state index is 0.0814. The van der Waals surface area contributed by atoms with Crippen LogP contribution in [0.5, 0.6) is 0 Å². The van der Waals surface area contributed by atoms with Crippen LogP contribution >= 0.6 is 0 Å². The highest BCUT2D eigenvalue weighted by Crippen LogP contribution is 2.26. The van der Waals surface area contributed by atoms with Gasteiger partial charge in [-0.3, -0.25) is 4.79 Å². The Labute approximate surface area is 140 Å². The zero-order valence-electron chi connectivity index (χ0n) is 14.0. The van der Waals surface area contributed by atoms with E-state index in [-0.39, 0.29) is 6.42 Å². The first kappa shape index (κ1) is 20.5. The molecule has 7 heteroatoms. The highest BCUT2D eigenvalue weighted by molar-refractivity contribution is 5.87. The molecule has 5 radical (unpaired) electrons. The van der Waals surface area contributed by atoms with E-state index >= 15 is 0 Å². The molecule has 0 aromatic carbocycles. The number of hydrogen-bond acceptors (Lipinski definition) is 3. The van der Waals surface area contributed by atoms with Gasteiger partial charge >= 0.3 is 18.1 Å². The zero-order chi connectivity index (χ0) is 18.5. The summed E-state index contributed by atoms with van der Waals surface area (Å²) in [4.78, 5) is 23.3. The van der Waals surface area contributed by atoms with Crippen LogP contribution in [0.1, 0.15) is 34.1 Å². The summed E-state index contributed by atoms with van der Waals surface area (Å²) >= 11 is 0. The number of amides is 1. The number of ether oxygens (including phenoxy) is 1. The molecule has 0 aromatic heterocycles. The van der Waals surface area contributed by atoms with Crippen LogP contribution < -0.4 is 5.32 Å². The second-order valence-electron chi connectivity index (χ2n) is 6.47. The topological polar surface area (TPSA) is 55.4 Å². The Morgan fingerprint density at radius 3 is 2.21 bits per heavy atom. The molecule has 1 aliphatic carbocycles. The number of carbonyl (C=O) groups excluding carboxylic acids is 2. The standard InChI is InChI=1S/C17H21F3NO3/c1-11(9-12-7-5-6-8-12)10-13(14(22)24-16(2,3)4)21-15(23)17(18,19)20/h5-9,13H,10H2,1-4H3,(H,21,23)/b11-9+. The Balaban J connectivity index is 2.83. The molecule has 1 rings (SSSR count). The number of esters is 1. The first-order chi connectivity index (χ1) is 10.9. The summed E-state index contributed by atoms with van der Waals surface area (Å²) in [6.07, 6.45) is 3.86. The fourth-order valence-corrected chi connectivity index (χ4v) is 1.96. The molecule has 4 nitrogen and oxygen atoms in total. The summed E-state index contributed by atoms with van der Waals surface area (Å²) in [7, 11) is 0. The Bertz CT molecular complexity index is 486. The minimum Gasteiger partial charge on any atom is -0.458 e. The van der Waals surface area contributed by atoms with Gasteiger partial charge in [0.2, 0.25) is 0 Å². The summed E-state index contributed by atoms with van der Waals surface area (Å²) in [5.41, 5.74) is -0.235. The zero-order valence-corrected chi connectivity index (χ0v) is 14.0. The van der Waals surface area contributed by atoms with Crippen molar-refractivity contribution in [3.63, 3.8) is 0 Å². The molecule has 0 bridgehead atoms. The average Bonchev–Trinajstić information content (AvgIpc) is 2.87. The lowest BCUT2D eigenvalue weighted by Crippen LogP contribution is -2.48. The van der Waals surface area contributed by atoms with E-state index in [1.165, 1.54) is 0 Å². The van der Waals surface area contributed by atoms with E-state index in [2.05, 4.69) is 0 Å². The molecule has 1 saturated carbocycles. The van der Waals surface area contributed by atoms with Gasteiger partial charge in [0.25, 0.3) is 0 Å². The average molecular weight is 344 g/mol. The summed E-state index contributed by atoms with van der Waals surface area (Å²) in [5.74, 6) is -2.22. The van der Waals surface area contributed by atoms with Gasteiger partial charge in [0, 0.05) is 5.92 Å². The first-order valence-electron chi connectivity index (χ1n) is 7.38. The second kappa shape index (κ2) is 8.03. The van der Waals surface area contributed by atoms with Crippen LogP contribution in [-0.2, 0) is 14.3 Å². The van der Waals surface area contributed by atoms with Gasteiger partial charge in [-0.2, -0.15) is 13.2 Å². The number of rotatable bonds is 5. The maximum atomic E-state index is 12.5. The summed E-state index contributed by atoms with van der Waals surface area (Å²) in [6, 6.07) is -1.41. The third-order valence-corrected chi connectivity index (χ3v) is 2.88. The van der Waals surface area contributed by atoms with Crippen molar-refractivity contribution in [2.24, 2.45) is 0 Å². The smallest absolute Gasteiger partial charge is 0.458 e. The van der Waals surface area contributed by atoms with E-state index in [1.807, 2.05) is 25.7 Å². The molecule has 0 aromatic rings. The van der Waals surface area contributed by atoms with Gasteiger partial charge in [-0.1, -0.05) is 11.6 Å². The van der Waals surface area contributed by atoms with E-state index < -0.39 is 29.7 Å².